The van der Waals surface area contributed by atoms with Crippen LogP contribution in [-0.4, -0.2) is 0 Å². The summed E-state index contributed by atoms with van der Waals surface area (Å²) < 4.78 is 5.78. The van der Waals surface area contributed by atoms with Crippen LogP contribution in [0.25, 0.3) is 0 Å². The van der Waals surface area contributed by atoms with Crippen molar-refractivity contribution in [1.29, 1.82) is 0 Å². The zero-order valence-corrected chi connectivity index (χ0v) is 10.7. The van der Waals surface area contributed by atoms with E-state index in [1.165, 1.54) is 32.1 Å². The van der Waals surface area contributed by atoms with E-state index in [-0.39, 0.29) is 6.04 Å². The van der Waals surface area contributed by atoms with Crippen molar-refractivity contribution in [3.63, 3.8) is 0 Å². The second-order valence-corrected chi connectivity index (χ2v) is 5.12. The Morgan fingerprint density at radius 1 is 1.35 bits per heavy atom. The fourth-order valence-electron chi connectivity index (χ4n) is 2.79. The molecule has 1 unspecified atom stereocenters. The lowest BCUT2D eigenvalue weighted by Crippen LogP contribution is -2.29. The SMILES string of the molecule is CCc1ccc(C(CC2CCCCC2)NN)o1. The van der Waals surface area contributed by atoms with Gasteiger partial charge in [0.05, 0.1) is 6.04 Å². The van der Waals surface area contributed by atoms with Gasteiger partial charge < -0.3 is 4.42 Å². The van der Waals surface area contributed by atoms with Crippen molar-refractivity contribution in [2.75, 3.05) is 0 Å². The van der Waals surface area contributed by atoms with E-state index in [1.54, 1.807) is 0 Å². The molecule has 0 saturated heterocycles. The van der Waals surface area contributed by atoms with Gasteiger partial charge in [-0.1, -0.05) is 39.0 Å². The summed E-state index contributed by atoms with van der Waals surface area (Å²) in [5, 5.41) is 0. The molecule has 1 aromatic heterocycles. The first-order chi connectivity index (χ1) is 8.33. The second-order valence-electron chi connectivity index (χ2n) is 5.12. The molecule has 1 heterocycles. The monoisotopic (exact) mass is 236 g/mol. The van der Waals surface area contributed by atoms with Gasteiger partial charge in [-0.3, -0.25) is 5.84 Å². The minimum Gasteiger partial charge on any atom is -0.464 e. The van der Waals surface area contributed by atoms with Crippen LogP contribution in [0, 0.1) is 5.92 Å². The number of rotatable bonds is 5. The number of aryl methyl sites for hydroxylation is 1. The Morgan fingerprint density at radius 3 is 2.71 bits per heavy atom. The van der Waals surface area contributed by atoms with Crippen LogP contribution in [0.4, 0.5) is 0 Å². The number of hydrazine groups is 1. The molecule has 17 heavy (non-hydrogen) atoms. The normalized spacial score (nSPS) is 19.4. The molecule has 96 valence electrons. The Kier molecular flexibility index (Phi) is 4.63. The molecule has 0 aliphatic heterocycles. The van der Waals surface area contributed by atoms with Gasteiger partial charge in [0.15, 0.2) is 0 Å². The molecule has 3 nitrogen and oxygen atoms in total. The highest BCUT2D eigenvalue weighted by atomic mass is 16.3. The molecule has 0 amide bonds. The number of hydrogen-bond acceptors (Lipinski definition) is 3. The molecule has 0 radical (unpaired) electrons. The zero-order chi connectivity index (χ0) is 12.1. The Bertz CT molecular complexity index is 329. The summed E-state index contributed by atoms with van der Waals surface area (Å²) in [7, 11) is 0. The van der Waals surface area contributed by atoms with E-state index in [0.717, 1.165) is 30.3 Å². The van der Waals surface area contributed by atoms with E-state index in [4.69, 9.17) is 10.3 Å². The van der Waals surface area contributed by atoms with Crippen molar-refractivity contribution in [2.45, 2.75) is 57.9 Å². The molecule has 3 N–H and O–H groups in total. The highest BCUT2D eigenvalue weighted by molar-refractivity contribution is 5.10. The van der Waals surface area contributed by atoms with Crippen molar-refractivity contribution in [3.8, 4) is 0 Å². The molecule has 1 aliphatic rings. The van der Waals surface area contributed by atoms with Gasteiger partial charge in [0.25, 0.3) is 0 Å². The molecule has 2 rings (SSSR count). The predicted molar refractivity (Wildman–Crippen MR) is 69.3 cm³/mol. The van der Waals surface area contributed by atoms with Crippen molar-refractivity contribution in [1.82, 2.24) is 5.43 Å². The van der Waals surface area contributed by atoms with Gasteiger partial charge in [-0.25, -0.2) is 5.43 Å². The van der Waals surface area contributed by atoms with Gasteiger partial charge in [0.1, 0.15) is 11.5 Å². The molecule has 0 aromatic carbocycles. The Hall–Kier alpha value is -0.800. The van der Waals surface area contributed by atoms with Crippen molar-refractivity contribution in [2.24, 2.45) is 11.8 Å². The third kappa shape index (κ3) is 3.33. The van der Waals surface area contributed by atoms with Gasteiger partial charge in [-0.15, -0.1) is 0 Å². The molecular formula is C14H24N2O. The third-order valence-corrected chi connectivity index (χ3v) is 3.87. The maximum absolute atomic E-state index is 5.78. The van der Waals surface area contributed by atoms with E-state index in [2.05, 4.69) is 24.5 Å². The fraction of sp³-hybridized carbons (Fsp3) is 0.714. The lowest BCUT2D eigenvalue weighted by atomic mass is 9.84. The van der Waals surface area contributed by atoms with E-state index in [1.807, 2.05) is 0 Å². The summed E-state index contributed by atoms with van der Waals surface area (Å²) in [6, 6.07) is 4.30. The van der Waals surface area contributed by atoms with Crippen LogP contribution in [0.2, 0.25) is 0 Å². The van der Waals surface area contributed by atoms with Gasteiger partial charge >= 0.3 is 0 Å². The maximum Gasteiger partial charge on any atom is 0.122 e. The standard InChI is InChI=1S/C14H24N2O/c1-2-12-8-9-14(17-12)13(16-15)10-11-6-4-3-5-7-11/h8-9,11,13,16H,2-7,10,15H2,1H3. The van der Waals surface area contributed by atoms with Crippen LogP contribution in [0.5, 0.6) is 0 Å². The quantitative estimate of drug-likeness (QED) is 0.609. The largest absolute Gasteiger partial charge is 0.464 e. The Morgan fingerprint density at radius 2 is 2.12 bits per heavy atom. The number of nitrogens with two attached hydrogens (primary N) is 1. The number of hydrogen-bond donors (Lipinski definition) is 2. The topological polar surface area (TPSA) is 51.2 Å². The summed E-state index contributed by atoms with van der Waals surface area (Å²) in [5.41, 5.74) is 2.91. The fourth-order valence-corrected chi connectivity index (χ4v) is 2.79. The first kappa shape index (κ1) is 12.7. The molecule has 0 bridgehead atoms. The van der Waals surface area contributed by atoms with Crippen LogP contribution < -0.4 is 11.3 Å². The van der Waals surface area contributed by atoms with Crippen LogP contribution in [0.1, 0.15) is 63.0 Å². The van der Waals surface area contributed by atoms with Crippen LogP contribution in [-0.2, 0) is 6.42 Å². The highest BCUT2D eigenvalue weighted by Gasteiger charge is 2.21. The number of furan rings is 1. The summed E-state index contributed by atoms with van der Waals surface area (Å²) >= 11 is 0. The molecule has 3 heteroatoms. The number of nitrogens with one attached hydrogen (secondary N) is 1. The van der Waals surface area contributed by atoms with Gasteiger partial charge in [0, 0.05) is 6.42 Å². The Labute approximate surface area is 104 Å². The summed E-state index contributed by atoms with van der Waals surface area (Å²) in [4.78, 5) is 0. The van der Waals surface area contributed by atoms with E-state index < -0.39 is 0 Å². The third-order valence-electron chi connectivity index (χ3n) is 3.87. The average molecular weight is 236 g/mol. The lowest BCUT2D eigenvalue weighted by molar-refractivity contribution is 0.279. The van der Waals surface area contributed by atoms with Crippen LogP contribution in [0.15, 0.2) is 16.5 Å². The van der Waals surface area contributed by atoms with Gasteiger partial charge in [-0.05, 0) is 24.5 Å². The molecule has 1 fully saturated rings. The smallest absolute Gasteiger partial charge is 0.122 e. The summed E-state index contributed by atoms with van der Waals surface area (Å²) in [6.45, 7) is 2.11. The minimum absolute atomic E-state index is 0.179. The molecule has 1 atom stereocenters. The van der Waals surface area contributed by atoms with Crippen molar-refractivity contribution >= 4 is 0 Å². The van der Waals surface area contributed by atoms with E-state index in [0.29, 0.717) is 0 Å². The van der Waals surface area contributed by atoms with Crippen LogP contribution in [0.3, 0.4) is 0 Å². The first-order valence-electron chi connectivity index (χ1n) is 6.88. The van der Waals surface area contributed by atoms with Crippen molar-refractivity contribution < 1.29 is 4.42 Å². The average Bonchev–Trinajstić information content (AvgIpc) is 2.86. The van der Waals surface area contributed by atoms with Crippen LogP contribution >= 0.6 is 0 Å². The lowest BCUT2D eigenvalue weighted by Gasteiger charge is -2.25. The molecule has 0 spiro atoms. The molecular weight excluding hydrogens is 212 g/mol. The molecule has 1 saturated carbocycles. The second kappa shape index (κ2) is 6.22. The van der Waals surface area contributed by atoms with Crippen molar-refractivity contribution in [3.05, 3.63) is 23.7 Å². The Balaban J connectivity index is 1.95. The van der Waals surface area contributed by atoms with E-state index in [9.17, 15) is 0 Å². The summed E-state index contributed by atoms with van der Waals surface area (Å²) in [6.07, 6.45) is 8.89. The molecule has 1 aromatic rings. The first-order valence-corrected chi connectivity index (χ1v) is 6.88. The maximum atomic E-state index is 5.78. The summed E-state index contributed by atoms with van der Waals surface area (Å²) in [5.74, 6) is 8.51. The zero-order valence-electron chi connectivity index (χ0n) is 10.7. The minimum atomic E-state index is 0.179. The molecule has 1 aliphatic carbocycles. The predicted octanol–water partition coefficient (Wildman–Crippen LogP) is 3.32. The van der Waals surface area contributed by atoms with E-state index >= 15 is 0 Å². The van der Waals surface area contributed by atoms with Gasteiger partial charge in [-0.2, -0.15) is 0 Å². The van der Waals surface area contributed by atoms with Gasteiger partial charge in [0.2, 0.25) is 0 Å². The highest BCUT2D eigenvalue weighted by Crippen LogP contribution is 2.32.